The topological polar surface area (TPSA) is 58.4 Å². The molecule has 0 saturated carbocycles. The molecular formula is C16H19N3O2. The van der Waals surface area contributed by atoms with Crippen LogP contribution in [-0.4, -0.2) is 35.1 Å². The number of amides is 1. The van der Waals surface area contributed by atoms with E-state index in [-0.39, 0.29) is 11.9 Å². The van der Waals surface area contributed by atoms with Gasteiger partial charge in [0.25, 0.3) is 5.91 Å². The Labute approximate surface area is 123 Å². The van der Waals surface area contributed by atoms with Gasteiger partial charge in [0.1, 0.15) is 6.26 Å². The molecular weight excluding hydrogens is 266 g/mol. The number of likely N-dealkylation sites (tertiary alicyclic amines) is 1. The van der Waals surface area contributed by atoms with Crippen molar-refractivity contribution < 1.29 is 9.32 Å². The molecule has 5 heteroatoms. The highest BCUT2D eigenvalue weighted by Gasteiger charge is 2.31. The molecule has 3 rings (SSSR count). The van der Waals surface area contributed by atoms with Crippen molar-refractivity contribution in [2.24, 2.45) is 5.92 Å². The molecule has 2 atom stereocenters. The number of hydrogen-bond acceptors (Lipinski definition) is 4. The first kappa shape index (κ1) is 13.8. The minimum absolute atomic E-state index is 0.151. The molecule has 0 radical (unpaired) electrons. The van der Waals surface area contributed by atoms with Gasteiger partial charge in [-0.3, -0.25) is 9.69 Å². The summed E-state index contributed by atoms with van der Waals surface area (Å²) in [6.45, 7) is 4.93. The lowest BCUT2D eigenvalue weighted by atomic mass is 10.1. The molecule has 2 aromatic rings. The fraction of sp³-hybridized carbons (Fsp3) is 0.375. The Morgan fingerprint density at radius 1 is 1.33 bits per heavy atom. The lowest BCUT2D eigenvalue weighted by molar-refractivity contribution is 0.0922. The van der Waals surface area contributed by atoms with Gasteiger partial charge in [-0.2, -0.15) is 0 Å². The first-order chi connectivity index (χ1) is 10.2. The number of benzene rings is 1. The van der Waals surface area contributed by atoms with Crippen LogP contribution in [0.3, 0.4) is 0 Å². The van der Waals surface area contributed by atoms with Crippen LogP contribution in [0.1, 0.15) is 23.0 Å². The van der Waals surface area contributed by atoms with Gasteiger partial charge in [-0.05, 0) is 11.5 Å². The second-order valence-electron chi connectivity index (χ2n) is 5.62. The summed E-state index contributed by atoms with van der Waals surface area (Å²) >= 11 is 0. The van der Waals surface area contributed by atoms with E-state index in [1.165, 1.54) is 11.8 Å². The maximum Gasteiger partial charge on any atom is 0.273 e. The molecule has 1 saturated heterocycles. The summed E-state index contributed by atoms with van der Waals surface area (Å²) in [4.78, 5) is 14.4. The van der Waals surface area contributed by atoms with E-state index in [9.17, 15) is 4.79 Å². The average molecular weight is 285 g/mol. The molecule has 1 fully saturated rings. The Hall–Kier alpha value is -2.14. The number of hydrogen-bond donors (Lipinski definition) is 1. The van der Waals surface area contributed by atoms with Gasteiger partial charge in [-0.1, -0.05) is 42.4 Å². The molecule has 0 aliphatic carbocycles. The highest BCUT2D eigenvalue weighted by atomic mass is 16.5. The minimum Gasteiger partial charge on any atom is -0.364 e. The third-order valence-electron chi connectivity index (χ3n) is 3.92. The molecule has 5 nitrogen and oxygen atoms in total. The van der Waals surface area contributed by atoms with Crippen molar-refractivity contribution in [2.75, 3.05) is 13.1 Å². The van der Waals surface area contributed by atoms with Crippen molar-refractivity contribution in [1.82, 2.24) is 15.4 Å². The Bertz CT molecular complexity index is 583. The molecule has 21 heavy (non-hydrogen) atoms. The van der Waals surface area contributed by atoms with E-state index in [1.807, 2.05) is 6.07 Å². The molecule has 1 N–H and O–H groups in total. The van der Waals surface area contributed by atoms with Crippen LogP contribution in [-0.2, 0) is 6.54 Å². The predicted octanol–water partition coefficient (Wildman–Crippen LogP) is 1.92. The zero-order valence-electron chi connectivity index (χ0n) is 12.0. The molecule has 1 aromatic carbocycles. The molecule has 2 heterocycles. The molecule has 110 valence electrons. The van der Waals surface area contributed by atoms with Crippen LogP contribution in [0.4, 0.5) is 0 Å². The number of rotatable bonds is 4. The molecule has 0 bridgehead atoms. The van der Waals surface area contributed by atoms with E-state index < -0.39 is 0 Å². The third kappa shape index (κ3) is 3.31. The summed E-state index contributed by atoms with van der Waals surface area (Å²) in [5.41, 5.74) is 1.64. The smallest absolute Gasteiger partial charge is 0.273 e. The highest BCUT2D eigenvalue weighted by molar-refractivity contribution is 5.92. The summed E-state index contributed by atoms with van der Waals surface area (Å²) in [7, 11) is 0. The maximum atomic E-state index is 12.0. The van der Waals surface area contributed by atoms with E-state index in [0.717, 1.165) is 19.6 Å². The quantitative estimate of drug-likeness (QED) is 0.932. The first-order valence-corrected chi connectivity index (χ1v) is 7.20. The van der Waals surface area contributed by atoms with Gasteiger partial charge < -0.3 is 9.84 Å². The van der Waals surface area contributed by atoms with Crippen molar-refractivity contribution >= 4 is 5.91 Å². The number of aromatic nitrogens is 1. The summed E-state index contributed by atoms with van der Waals surface area (Å²) in [6, 6.07) is 12.1. The van der Waals surface area contributed by atoms with Crippen LogP contribution < -0.4 is 5.32 Å². The number of nitrogens with one attached hydrogen (secondary N) is 1. The minimum atomic E-state index is -0.165. The highest BCUT2D eigenvalue weighted by Crippen LogP contribution is 2.19. The maximum absolute atomic E-state index is 12.0. The van der Waals surface area contributed by atoms with Crippen molar-refractivity contribution in [2.45, 2.75) is 19.5 Å². The van der Waals surface area contributed by atoms with Gasteiger partial charge in [-0.15, -0.1) is 0 Å². The molecule has 0 unspecified atom stereocenters. The molecule has 1 aliphatic rings. The zero-order chi connectivity index (χ0) is 14.7. The molecule has 0 spiro atoms. The molecule has 1 amide bonds. The van der Waals surface area contributed by atoms with E-state index in [0.29, 0.717) is 11.6 Å². The van der Waals surface area contributed by atoms with Crippen LogP contribution in [0.5, 0.6) is 0 Å². The van der Waals surface area contributed by atoms with Crippen LogP contribution >= 0.6 is 0 Å². The Morgan fingerprint density at radius 2 is 2.14 bits per heavy atom. The summed E-state index contributed by atoms with van der Waals surface area (Å²) in [5, 5.41) is 6.71. The van der Waals surface area contributed by atoms with E-state index in [1.54, 1.807) is 6.07 Å². The Balaban J connectivity index is 1.57. The van der Waals surface area contributed by atoms with E-state index in [2.05, 4.69) is 46.6 Å². The van der Waals surface area contributed by atoms with Crippen LogP contribution in [0.2, 0.25) is 0 Å². The molecule has 1 aromatic heterocycles. The number of nitrogens with zero attached hydrogens (tertiary/aromatic N) is 2. The normalized spacial score (nSPS) is 22.3. The van der Waals surface area contributed by atoms with Gasteiger partial charge in [0.05, 0.1) is 0 Å². The van der Waals surface area contributed by atoms with Crippen LogP contribution in [0.25, 0.3) is 0 Å². The predicted molar refractivity (Wildman–Crippen MR) is 78.6 cm³/mol. The van der Waals surface area contributed by atoms with Gasteiger partial charge in [0.15, 0.2) is 5.69 Å². The fourth-order valence-corrected chi connectivity index (χ4v) is 2.80. The van der Waals surface area contributed by atoms with Gasteiger partial charge in [-0.25, -0.2) is 0 Å². The van der Waals surface area contributed by atoms with Gasteiger partial charge in [0.2, 0.25) is 0 Å². The summed E-state index contributed by atoms with van der Waals surface area (Å²) < 4.78 is 4.71. The van der Waals surface area contributed by atoms with Crippen LogP contribution in [0.15, 0.2) is 47.2 Å². The SMILES string of the molecule is C[C@H]1CN(Cc2ccccc2)C[C@H]1NC(=O)c1ccon1. The van der Waals surface area contributed by atoms with Gasteiger partial charge >= 0.3 is 0 Å². The lowest BCUT2D eigenvalue weighted by Crippen LogP contribution is -2.39. The first-order valence-electron chi connectivity index (χ1n) is 7.20. The Kier molecular flexibility index (Phi) is 4.01. The number of carbonyl (C=O) groups excluding carboxylic acids is 1. The molecule has 1 aliphatic heterocycles. The van der Waals surface area contributed by atoms with Crippen molar-refractivity contribution in [3.05, 3.63) is 53.9 Å². The second-order valence-corrected chi connectivity index (χ2v) is 5.62. The fourth-order valence-electron chi connectivity index (χ4n) is 2.80. The zero-order valence-corrected chi connectivity index (χ0v) is 12.0. The van der Waals surface area contributed by atoms with Crippen molar-refractivity contribution in [3.8, 4) is 0 Å². The largest absolute Gasteiger partial charge is 0.364 e. The third-order valence-corrected chi connectivity index (χ3v) is 3.92. The lowest BCUT2D eigenvalue weighted by Gasteiger charge is -2.16. The average Bonchev–Trinajstić information content (AvgIpc) is 3.11. The summed E-state index contributed by atoms with van der Waals surface area (Å²) in [5.74, 6) is 0.256. The van der Waals surface area contributed by atoms with Gasteiger partial charge in [0, 0.05) is 31.7 Å². The van der Waals surface area contributed by atoms with Crippen LogP contribution in [0, 0.1) is 5.92 Å². The monoisotopic (exact) mass is 285 g/mol. The second kappa shape index (κ2) is 6.10. The standard InChI is InChI=1S/C16H19N3O2/c1-12-9-19(10-13-5-3-2-4-6-13)11-15(12)17-16(20)14-7-8-21-18-14/h2-8,12,15H,9-11H2,1H3,(H,17,20)/t12-,15+/m0/s1. The Morgan fingerprint density at radius 3 is 2.86 bits per heavy atom. The van der Waals surface area contributed by atoms with E-state index >= 15 is 0 Å². The van der Waals surface area contributed by atoms with Crippen molar-refractivity contribution in [1.29, 1.82) is 0 Å². The number of carbonyl (C=O) groups is 1. The van der Waals surface area contributed by atoms with Crippen molar-refractivity contribution in [3.63, 3.8) is 0 Å². The van der Waals surface area contributed by atoms with E-state index in [4.69, 9.17) is 4.52 Å². The summed E-state index contributed by atoms with van der Waals surface area (Å²) in [6.07, 6.45) is 1.41.